The quantitative estimate of drug-likeness (QED) is 0.465. The van der Waals surface area contributed by atoms with Gasteiger partial charge in [0.25, 0.3) is 0 Å². The number of fused-ring (bicyclic) bond motifs is 5. The first kappa shape index (κ1) is 22.3. The number of piperazine rings is 1. The number of halogens is 3. The van der Waals surface area contributed by atoms with Gasteiger partial charge in [0.2, 0.25) is 0 Å². The van der Waals surface area contributed by atoms with E-state index in [1.807, 2.05) is 0 Å². The van der Waals surface area contributed by atoms with Gasteiger partial charge in [-0.25, -0.2) is 13.2 Å². The van der Waals surface area contributed by atoms with Gasteiger partial charge in [-0.1, -0.05) is 6.07 Å². The second-order valence-electron chi connectivity index (χ2n) is 12.2. The summed E-state index contributed by atoms with van der Waals surface area (Å²) < 4.78 is 85.2. The Labute approximate surface area is 248 Å². The van der Waals surface area contributed by atoms with Crippen molar-refractivity contribution in [1.29, 1.82) is 0 Å². The standard InChI is InChI=1S/C31H35F3N6O2/c32-19-12-31(7-1-8-40(31)13-19)17-42-30-36-25-16-38(26-11-22(41)10-18-2-5-24(33)28(34)27(18)26)9-6-23(25)29(37-30)39-14-20-3-4-21(15-39)35-20/h2,5,10-11,19-21,35,41H,1,3-4,6-9,12-17H2/t19-,20-,21+,31+/m1/s1/i8D2,17D2. The molecule has 0 spiro atoms. The third kappa shape index (κ3) is 4.35. The van der Waals surface area contributed by atoms with E-state index in [0.29, 0.717) is 48.6 Å². The lowest BCUT2D eigenvalue weighted by molar-refractivity contribution is 0.107. The third-order valence-corrected chi connectivity index (χ3v) is 9.48. The van der Waals surface area contributed by atoms with E-state index in [0.717, 1.165) is 24.5 Å². The van der Waals surface area contributed by atoms with Gasteiger partial charge < -0.3 is 25.0 Å². The van der Waals surface area contributed by atoms with Crippen LogP contribution in [0.3, 0.4) is 0 Å². The average molecular weight is 585 g/mol. The van der Waals surface area contributed by atoms with E-state index < -0.39 is 36.4 Å². The lowest BCUT2D eigenvalue weighted by Gasteiger charge is -2.38. The molecule has 1 aromatic heterocycles. The first-order valence-electron chi connectivity index (χ1n) is 16.7. The monoisotopic (exact) mass is 584 g/mol. The van der Waals surface area contributed by atoms with Gasteiger partial charge >= 0.3 is 6.01 Å². The van der Waals surface area contributed by atoms with Crippen LogP contribution >= 0.6 is 0 Å². The predicted octanol–water partition coefficient (Wildman–Crippen LogP) is 4.07. The summed E-state index contributed by atoms with van der Waals surface area (Å²) in [6.07, 6.45) is 1.03. The van der Waals surface area contributed by atoms with E-state index in [4.69, 9.17) is 15.2 Å². The minimum atomic E-state index is -2.53. The topological polar surface area (TPSA) is 77.0 Å². The number of anilines is 2. The van der Waals surface area contributed by atoms with Gasteiger partial charge in [-0.15, -0.1) is 0 Å². The van der Waals surface area contributed by atoms with Crippen molar-refractivity contribution in [2.24, 2.45) is 0 Å². The maximum Gasteiger partial charge on any atom is 0.318 e. The van der Waals surface area contributed by atoms with E-state index in [2.05, 4.69) is 15.2 Å². The van der Waals surface area contributed by atoms with Gasteiger partial charge in [-0.3, -0.25) is 4.90 Å². The number of alkyl halides is 1. The number of nitrogens with one attached hydrogen (secondary N) is 1. The molecule has 2 aromatic carbocycles. The summed E-state index contributed by atoms with van der Waals surface area (Å²) in [6.45, 7) is -2.70. The first-order chi connectivity index (χ1) is 21.8. The number of ether oxygens (including phenoxy) is 1. The highest BCUT2D eigenvalue weighted by Crippen LogP contribution is 2.41. The smallest absolute Gasteiger partial charge is 0.318 e. The predicted molar refractivity (Wildman–Crippen MR) is 153 cm³/mol. The van der Waals surface area contributed by atoms with Crippen LogP contribution in [0, 0.1) is 11.6 Å². The number of aromatic nitrogens is 2. The molecule has 5 aliphatic rings. The molecule has 8 nitrogen and oxygen atoms in total. The Morgan fingerprint density at radius 1 is 1.14 bits per heavy atom. The Bertz CT molecular complexity index is 1720. The molecule has 11 heteroatoms. The number of rotatable bonds is 5. The molecular weight excluding hydrogens is 545 g/mol. The summed E-state index contributed by atoms with van der Waals surface area (Å²) in [6, 6.07) is 5.54. The number of aromatic hydroxyl groups is 1. The Morgan fingerprint density at radius 3 is 2.81 bits per heavy atom. The number of phenolic OH excluding ortho intramolecular Hbond substituents is 1. The van der Waals surface area contributed by atoms with E-state index in [1.54, 1.807) is 4.90 Å². The molecule has 0 unspecified atom stereocenters. The van der Waals surface area contributed by atoms with E-state index in [9.17, 15) is 13.9 Å². The molecule has 2 bridgehead atoms. The van der Waals surface area contributed by atoms with Crippen molar-refractivity contribution < 1.29 is 28.5 Å². The SMILES string of the molecule is [2H]C1([2H])CC[C@@]2(C([2H])([2H])Oc3nc4c(c(N5C[C@H]6CC[C@@H](C5)N6)n3)CCN(c3cc(O)cc5ccc(F)c(F)c35)C4)C[C@@H](F)CN12. The highest BCUT2D eigenvalue weighted by atomic mass is 19.2. The fourth-order valence-electron chi connectivity index (χ4n) is 7.53. The zero-order valence-corrected chi connectivity index (χ0v) is 23.0. The summed E-state index contributed by atoms with van der Waals surface area (Å²) in [5.41, 5.74) is 0.145. The second kappa shape index (κ2) is 9.87. The van der Waals surface area contributed by atoms with Gasteiger partial charge in [0, 0.05) is 64.4 Å². The number of nitrogens with zero attached hydrogens (tertiary/aromatic N) is 5. The number of hydrogen-bond acceptors (Lipinski definition) is 8. The normalized spacial score (nSPS) is 31.8. The van der Waals surface area contributed by atoms with Crippen LogP contribution in [0.2, 0.25) is 0 Å². The molecule has 0 amide bonds. The summed E-state index contributed by atoms with van der Waals surface area (Å²) in [4.78, 5) is 14.7. The van der Waals surface area contributed by atoms with Crippen LogP contribution in [-0.2, 0) is 13.0 Å². The average Bonchev–Trinajstić information content (AvgIpc) is 3.63. The lowest BCUT2D eigenvalue weighted by Crippen LogP contribution is -2.52. The first-order valence-corrected chi connectivity index (χ1v) is 14.7. The van der Waals surface area contributed by atoms with Gasteiger partial charge in [-0.05, 0) is 56.1 Å². The lowest BCUT2D eigenvalue weighted by atomic mass is 9.95. The molecule has 5 aliphatic heterocycles. The maximum atomic E-state index is 15.2. The molecule has 3 aromatic rings. The largest absolute Gasteiger partial charge is 0.508 e. The van der Waals surface area contributed by atoms with Crippen LogP contribution in [0.15, 0.2) is 24.3 Å². The van der Waals surface area contributed by atoms with Gasteiger partial charge in [-0.2, -0.15) is 9.97 Å². The molecule has 4 saturated heterocycles. The van der Waals surface area contributed by atoms with E-state index in [1.165, 1.54) is 23.1 Å². The zero-order chi connectivity index (χ0) is 32.2. The second-order valence-corrected chi connectivity index (χ2v) is 12.2. The molecule has 0 saturated carbocycles. The Kier molecular flexibility index (Phi) is 5.23. The van der Waals surface area contributed by atoms with Crippen LogP contribution in [0.25, 0.3) is 10.8 Å². The van der Waals surface area contributed by atoms with Gasteiger partial charge in [0.05, 0.1) is 26.2 Å². The van der Waals surface area contributed by atoms with Crippen molar-refractivity contribution in [1.82, 2.24) is 20.2 Å². The minimum absolute atomic E-state index is 0.0405. The van der Waals surface area contributed by atoms with Gasteiger partial charge in [0.15, 0.2) is 11.6 Å². The molecule has 0 aliphatic carbocycles. The van der Waals surface area contributed by atoms with Crippen molar-refractivity contribution in [3.8, 4) is 11.8 Å². The Balaban J connectivity index is 1.20. The highest BCUT2D eigenvalue weighted by molar-refractivity contribution is 5.96. The van der Waals surface area contributed by atoms with Crippen LogP contribution in [0.4, 0.5) is 24.7 Å². The molecule has 8 rings (SSSR count). The number of benzene rings is 2. The number of phenols is 1. The molecule has 0 radical (unpaired) electrons. The van der Waals surface area contributed by atoms with Crippen molar-refractivity contribution in [3.05, 3.63) is 47.2 Å². The van der Waals surface area contributed by atoms with E-state index in [-0.39, 0.29) is 61.6 Å². The van der Waals surface area contributed by atoms with Crippen molar-refractivity contribution >= 4 is 22.3 Å². The zero-order valence-electron chi connectivity index (χ0n) is 27.0. The van der Waals surface area contributed by atoms with Crippen LogP contribution in [0.5, 0.6) is 11.8 Å². The molecular formula is C31H35F3N6O2. The molecule has 222 valence electrons. The molecule has 4 fully saturated rings. The summed E-state index contributed by atoms with van der Waals surface area (Å²) in [5, 5.41) is 14.5. The highest BCUT2D eigenvalue weighted by Gasteiger charge is 2.49. The summed E-state index contributed by atoms with van der Waals surface area (Å²) in [5.74, 6) is -1.49. The Hall–Kier alpha value is -3.31. The molecule has 42 heavy (non-hydrogen) atoms. The molecule has 2 N–H and O–H groups in total. The maximum absolute atomic E-state index is 15.2. The van der Waals surface area contributed by atoms with Crippen molar-refractivity contribution in [3.63, 3.8) is 0 Å². The third-order valence-electron chi connectivity index (χ3n) is 9.48. The van der Waals surface area contributed by atoms with Crippen molar-refractivity contribution in [2.75, 3.05) is 49.0 Å². The summed E-state index contributed by atoms with van der Waals surface area (Å²) >= 11 is 0. The molecule has 6 heterocycles. The Morgan fingerprint density at radius 2 is 1.98 bits per heavy atom. The fourth-order valence-corrected chi connectivity index (χ4v) is 7.53. The summed E-state index contributed by atoms with van der Waals surface area (Å²) in [7, 11) is 0. The fraction of sp³-hybridized carbons (Fsp3) is 0.548. The van der Waals surface area contributed by atoms with Crippen LogP contribution < -0.4 is 19.9 Å². The molecule has 4 atom stereocenters. The number of hydrogen-bond donors (Lipinski definition) is 2. The van der Waals surface area contributed by atoms with E-state index >= 15 is 4.39 Å². The minimum Gasteiger partial charge on any atom is -0.508 e. The van der Waals surface area contributed by atoms with Crippen molar-refractivity contribution in [2.45, 2.75) is 68.9 Å². The van der Waals surface area contributed by atoms with Crippen LogP contribution in [0.1, 0.15) is 48.8 Å². The van der Waals surface area contributed by atoms with Gasteiger partial charge in [0.1, 0.15) is 24.3 Å². The van der Waals surface area contributed by atoms with Crippen LogP contribution in [-0.4, -0.2) is 83.0 Å².